The van der Waals surface area contributed by atoms with Gasteiger partial charge in [-0.1, -0.05) is 22.9 Å². The summed E-state index contributed by atoms with van der Waals surface area (Å²) in [6, 6.07) is 9.19. The summed E-state index contributed by atoms with van der Waals surface area (Å²) in [5.41, 5.74) is 3.55. The fourth-order valence-electron chi connectivity index (χ4n) is 3.86. The molecule has 5 rings (SSSR count). The van der Waals surface area contributed by atoms with E-state index in [2.05, 4.69) is 25.7 Å². The van der Waals surface area contributed by atoms with Crippen molar-refractivity contribution in [3.8, 4) is 10.6 Å². The van der Waals surface area contributed by atoms with Crippen molar-refractivity contribution < 1.29 is 14.3 Å². The molecule has 174 valence electrons. The number of halogens is 1. The fraction of sp³-hybridized carbons (Fsp3) is 0.261. The molecule has 0 saturated carbocycles. The highest BCUT2D eigenvalue weighted by molar-refractivity contribution is 7.18. The highest BCUT2D eigenvalue weighted by Crippen LogP contribution is 2.35. The minimum Gasteiger partial charge on any atom is -0.378 e. The summed E-state index contributed by atoms with van der Waals surface area (Å²) in [7, 11) is 0. The highest BCUT2D eigenvalue weighted by Gasteiger charge is 2.21. The van der Waals surface area contributed by atoms with Crippen molar-refractivity contribution in [1.29, 1.82) is 0 Å². The zero-order valence-electron chi connectivity index (χ0n) is 18.3. The van der Waals surface area contributed by atoms with E-state index in [9.17, 15) is 9.59 Å². The first-order chi connectivity index (χ1) is 16.5. The van der Waals surface area contributed by atoms with E-state index in [0.717, 1.165) is 22.0 Å². The van der Waals surface area contributed by atoms with Crippen molar-refractivity contribution in [1.82, 2.24) is 25.3 Å². The van der Waals surface area contributed by atoms with Crippen LogP contribution >= 0.6 is 22.9 Å². The van der Waals surface area contributed by atoms with Crippen molar-refractivity contribution in [2.75, 3.05) is 31.6 Å². The van der Waals surface area contributed by atoms with E-state index >= 15 is 0 Å². The molecule has 2 N–H and O–H groups in total. The van der Waals surface area contributed by atoms with Crippen LogP contribution in [0, 0.1) is 0 Å². The number of Topliss-reactive ketones (excluding diaryl/α,β-unsaturated/α-hetero) is 1. The Morgan fingerprint density at radius 3 is 2.82 bits per heavy atom. The second kappa shape index (κ2) is 9.49. The van der Waals surface area contributed by atoms with Gasteiger partial charge in [0.05, 0.1) is 35.6 Å². The molecule has 3 heterocycles. The smallest absolute Gasteiger partial charge is 0.254 e. The molecule has 1 aliphatic rings. The summed E-state index contributed by atoms with van der Waals surface area (Å²) in [5, 5.41) is 21.2. The summed E-state index contributed by atoms with van der Waals surface area (Å²) in [6.45, 7) is 3.65. The third-order valence-corrected chi connectivity index (χ3v) is 6.76. The summed E-state index contributed by atoms with van der Waals surface area (Å²) in [4.78, 5) is 26.7. The number of amides is 1. The zero-order valence-corrected chi connectivity index (χ0v) is 19.9. The van der Waals surface area contributed by atoms with Gasteiger partial charge in [-0.05, 0) is 42.8 Å². The molecule has 2 aromatic carbocycles. The number of carbonyl (C=O) groups is 2. The van der Waals surface area contributed by atoms with Crippen molar-refractivity contribution in [2.45, 2.75) is 13.3 Å². The van der Waals surface area contributed by atoms with E-state index in [-0.39, 0.29) is 18.1 Å². The normalized spacial score (nSPS) is 13.9. The fourth-order valence-corrected chi connectivity index (χ4v) is 4.87. The van der Waals surface area contributed by atoms with Crippen LogP contribution in [0.5, 0.6) is 0 Å². The second-order valence-electron chi connectivity index (χ2n) is 8.00. The molecule has 0 atom stereocenters. The van der Waals surface area contributed by atoms with Crippen LogP contribution in [0.3, 0.4) is 0 Å². The Balaban J connectivity index is 1.44. The number of benzene rings is 2. The first-order valence-corrected chi connectivity index (χ1v) is 11.9. The Morgan fingerprint density at radius 1 is 1.21 bits per heavy atom. The molecular formula is C23H21ClN6O3S. The maximum absolute atomic E-state index is 13.1. The number of H-pyrrole nitrogens is 1. The number of anilines is 2. The van der Waals surface area contributed by atoms with Gasteiger partial charge in [0.15, 0.2) is 0 Å². The molecular weight excluding hydrogens is 476 g/mol. The van der Waals surface area contributed by atoms with E-state index in [1.165, 1.54) is 18.3 Å². The first-order valence-electron chi connectivity index (χ1n) is 10.7. The van der Waals surface area contributed by atoms with Gasteiger partial charge in [-0.25, -0.2) is 0 Å². The summed E-state index contributed by atoms with van der Waals surface area (Å²) >= 11 is 7.84. The monoisotopic (exact) mass is 496 g/mol. The standard InChI is InChI=1S/C23H21ClN6O3S/c1-13(31)8-14-9-15(11-16(10-14)22(32)30-4-6-33-7-5-30)21-28-29-23(34-21)26-19-3-2-18-17(20(19)24)12-25-27-18/h2-3,9-12H,4-8H2,1H3,(H,25,27)(H,26,29). The maximum Gasteiger partial charge on any atom is 0.254 e. The number of hydrogen-bond donors (Lipinski definition) is 2. The molecule has 1 amide bonds. The predicted octanol–water partition coefficient (Wildman–Crippen LogP) is 4.08. The van der Waals surface area contributed by atoms with Gasteiger partial charge in [0, 0.05) is 36.0 Å². The lowest BCUT2D eigenvalue weighted by atomic mass is 10.0. The number of nitrogens with one attached hydrogen (secondary N) is 2. The Morgan fingerprint density at radius 2 is 2.03 bits per heavy atom. The molecule has 0 radical (unpaired) electrons. The molecule has 1 aliphatic heterocycles. The van der Waals surface area contributed by atoms with Crippen LogP contribution in [0.2, 0.25) is 5.02 Å². The molecule has 0 aliphatic carbocycles. The Bertz CT molecular complexity index is 1380. The van der Waals surface area contributed by atoms with E-state index < -0.39 is 0 Å². The Kier molecular flexibility index (Phi) is 6.27. The van der Waals surface area contributed by atoms with Gasteiger partial charge in [0.1, 0.15) is 10.8 Å². The number of ketones is 1. The Labute approximate surface area is 204 Å². The molecule has 2 aromatic heterocycles. The van der Waals surface area contributed by atoms with Crippen molar-refractivity contribution >= 4 is 56.4 Å². The third-order valence-electron chi connectivity index (χ3n) is 5.46. The minimum absolute atomic E-state index is 0.0193. The lowest BCUT2D eigenvalue weighted by Gasteiger charge is -2.27. The zero-order chi connectivity index (χ0) is 23.7. The molecule has 11 heteroatoms. The highest BCUT2D eigenvalue weighted by atomic mass is 35.5. The van der Waals surface area contributed by atoms with Crippen LogP contribution in [0.4, 0.5) is 10.8 Å². The number of aromatic nitrogens is 4. The first kappa shape index (κ1) is 22.5. The third kappa shape index (κ3) is 4.65. The molecule has 9 nitrogen and oxygen atoms in total. The van der Waals surface area contributed by atoms with Crippen LogP contribution in [0.25, 0.3) is 21.5 Å². The van der Waals surface area contributed by atoms with Gasteiger partial charge in [-0.15, -0.1) is 10.2 Å². The van der Waals surface area contributed by atoms with E-state index in [4.69, 9.17) is 16.3 Å². The number of rotatable bonds is 6. The number of aromatic amines is 1. The largest absolute Gasteiger partial charge is 0.378 e. The number of nitrogens with zero attached hydrogens (tertiary/aromatic N) is 4. The summed E-state index contributed by atoms with van der Waals surface area (Å²) in [5.74, 6) is -0.0659. The van der Waals surface area contributed by atoms with E-state index in [1.54, 1.807) is 23.2 Å². The summed E-state index contributed by atoms with van der Waals surface area (Å²) in [6.07, 6.45) is 1.91. The quantitative estimate of drug-likeness (QED) is 0.413. The van der Waals surface area contributed by atoms with Crippen LogP contribution in [0.1, 0.15) is 22.8 Å². The molecule has 0 bridgehead atoms. The average molecular weight is 497 g/mol. The van der Waals surface area contributed by atoms with Crippen LogP contribution in [-0.2, 0) is 16.0 Å². The molecule has 1 fully saturated rings. The van der Waals surface area contributed by atoms with Gasteiger partial charge >= 0.3 is 0 Å². The molecule has 34 heavy (non-hydrogen) atoms. The van der Waals surface area contributed by atoms with Crippen molar-refractivity contribution in [2.24, 2.45) is 0 Å². The van der Waals surface area contributed by atoms with Crippen molar-refractivity contribution in [3.63, 3.8) is 0 Å². The van der Waals surface area contributed by atoms with E-state index in [1.807, 2.05) is 18.2 Å². The predicted molar refractivity (Wildman–Crippen MR) is 131 cm³/mol. The lowest BCUT2D eigenvalue weighted by molar-refractivity contribution is -0.116. The number of carbonyl (C=O) groups excluding carboxylic acids is 2. The number of morpholine rings is 1. The topological polar surface area (TPSA) is 113 Å². The second-order valence-corrected chi connectivity index (χ2v) is 9.35. The molecule has 1 saturated heterocycles. The SMILES string of the molecule is CC(=O)Cc1cc(C(=O)N2CCOCC2)cc(-c2nnc(Nc3ccc4[nH]ncc4c3Cl)s2)c1. The average Bonchev–Trinajstić information content (AvgIpc) is 3.50. The van der Waals surface area contributed by atoms with Gasteiger partial charge < -0.3 is 15.0 Å². The van der Waals surface area contributed by atoms with Gasteiger partial charge in [0.25, 0.3) is 5.91 Å². The van der Waals surface area contributed by atoms with Gasteiger partial charge in [-0.2, -0.15) is 5.10 Å². The number of fused-ring (bicyclic) bond motifs is 1. The Hall–Kier alpha value is -3.34. The molecule has 0 spiro atoms. The van der Waals surface area contributed by atoms with Crippen LogP contribution in [-0.4, -0.2) is 63.3 Å². The number of hydrogen-bond acceptors (Lipinski definition) is 8. The minimum atomic E-state index is -0.0852. The maximum atomic E-state index is 13.1. The van der Waals surface area contributed by atoms with Crippen LogP contribution in [0.15, 0.2) is 36.5 Å². The van der Waals surface area contributed by atoms with Crippen LogP contribution < -0.4 is 5.32 Å². The summed E-state index contributed by atoms with van der Waals surface area (Å²) < 4.78 is 5.36. The van der Waals surface area contributed by atoms with Gasteiger partial charge in [0.2, 0.25) is 5.13 Å². The van der Waals surface area contributed by atoms with Crippen molar-refractivity contribution in [3.05, 3.63) is 52.7 Å². The van der Waals surface area contributed by atoms with E-state index in [0.29, 0.717) is 52.7 Å². The van der Waals surface area contributed by atoms with Gasteiger partial charge in [-0.3, -0.25) is 14.7 Å². The lowest BCUT2D eigenvalue weighted by Crippen LogP contribution is -2.40. The molecule has 4 aromatic rings. The molecule has 0 unspecified atom stereocenters. The number of ether oxygens (including phenoxy) is 1.